The molecule has 0 amide bonds. The fraction of sp³-hybridized carbons (Fsp3) is 0.0833. The van der Waals surface area contributed by atoms with Crippen LogP contribution < -0.4 is 10.5 Å². The van der Waals surface area contributed by atoms with Crippen molar-refractivity contribution in [1.29, 1.82) is 0 Å². The van der Waals surface area contributed by atoms with Crippen LogP contribution in [0.25, 0.3) is 0 Å². The highest BCUT2D eigenvalue weighted by molar-refractivity contribution is 6.32. The third-order valence-corrected chi connectivity index (χ3v) is 2.51. The summed E-state index contributed by atoms with van der Waals surface area (Å²) in [5, 5.41) is 0.283. The maximum absolute atomic E-state index is 13.3. The Hall–Kier alpha value is -1.81. The fourth-order valence-corrected chi connectivity index (χ4v) is 1.50. The van der Waals surface area contributed by atoms with Gasteiger partial charge in [0, 0.05) is 12.3 Å². The van der Waals surface area contributed by atoms with Crippen molar-refractivity contribution in [2.75, 3.05) is 5.73 Å². The molecule has 1 aromatic carbocycles. The summed E-state index contributed by atoms with van der Waals surface area (Å²) in [5.41, 5.74) is 6.52. The van der Waals surface area contributed by atoms with Gasteiger partial charge in [-0.2, -0.15) is 0 Å². The topological polar surface area (TPSA) is 48.1 Å². The Morgan fingerprint density at radius 3 is 2.76 bits per heavy atom. The van der Waals surface area contributed by atoms with Gasteiger partial charge in [0.1, 0.15) is 16.6 Å². The van der Waals surface area contributed by atoms with E-state index >= 15 is 0 Å². The van der Waals surface area contributed by atoms with E-state index in [0.717, 1.165) is 0 Å². The number of ether oxygens (including phenoxy) is 1. The first-order valence-electron chi connectivity index (χ1n) is 4.91. The monoisotopic (exact) mass is 252 g/mol. The molecule has 0 unspecified atom stereocenters. The molecule has 0 aliphatic rings. The van der Waals surface area contributed by atoms with Crippen molar-refractivity contribution < 1.29 is 9.13 Å². The van der Waals surface area contributed by atoms with E-state index < -0.39 is 0 Å². The van der Waals surface area contributed by atoms with Crippen molar-refractivity contribution in [1.82, 2.24) is 4.98 Å². The molecule has 0 radical (unpaired) electrons. The van der Waals surface area contributed by atoms with Gasteiger partial charge < -0.3 is 10.5 Å². The average molecular weight is 253 g/mol. The molecule has 0 bridgehead atoms. The molecule has 1 aromatic heterocycles. The van der Waals surface area contributed by atoms with Crippen LogP contribution in [0.2, 0.25) is 5.02 Å². The Balaban J connectivity index is 2.35. The minimum absolute atomic E-state index is 0.282. The lowest BCUT2D eigenvalue weighted by atomic mass is 10.2. The second-order valence-electron chi connectivity index (χ2n) is 3.55. The number of pyridine rings is 1. The third kappa shape index (κ3) is 2.47. The van der Waals surface area contributed by atoms with E-state index in [2.05, 4.69) is 4.98 Å². The number of rotatable bonds is 2. The Bertz CT molecular complexity index is 540. The van der Waals surface area contributed by atoms with Crippen molar-refractivity contribution in [3.63, 3.8) is 0 Å². The van der Waals surface area contributed by atoms with Crippen LogP contribution in [0.1, 0.15) is 5.56 Å². The first-order chi connectivity index (χ1) is 8.08. The number of anilines is 1. The van der Waals surface area contributed by atoms with Crippen molar-refractivity contribution >= 4 is 17.3 Å². The molecule has 17 heavy (non-hydrogen) atoms. The summed E-state index contributed by atoms with van der Waals surface area (Å²) in [4.78, 5) is 3.81. The number of nitrogens with two attached hydrogens (primary N) is 1. The molecule has 0 aliphatic carbocycles. The quantitative estimate of drug-likeness (QED) is 0.889. The van der Waals surface area contributed by atoms with Crippen molar-refractivity contribution in [2.45, 2.75) is 6.92 Å². The molecular weight excluding hydrogens is 243 g/mol. The number of halogens is 2. The van der Waals surface area contributed by atoms with Gasteiger partial charge in [-0.05, 0) is 18.6 Å². The van der Waals surface area contributed by atoms with E-state index in [1.165, 1.54) is 18.5 Å². The van der Waals surface area contributed by atoms with Gasteiger partial charge >= 0.3 is 0 Å². The molecule has 88 valence electrons. The summed E-state index contributed by atoms with van der Waals surface area (Å²) in [5.74, 6) is 0.282. The van der Waals surface area contributed by atoms with Crippen LogP contribution in [-0.4, -0.2) is 4.98 Å². The maximum atomic E-state index is 13.3. The van der Waals surface area contributed by atoms with Gasteiger partial charge in [-0.25, -0.2) is 4.39 Å². The van der Waals surface area contributed by atoms with Gasteiger partial charge in [0.15, 0.2) is 5.75 Å². The SMILES string of the molecule is Cc1ccc(Oc2c(N)cncc2Cl)cc1F. The number of benzene rings is 1. The standard InChI is InChI=1S/C12H10ClFN2O/c1-7-2-3-8(4-10(7)14)17-12-9(13)5-16-6-11(12)15/h2-6H,15H2,1H3. The maximum Gasteiger partial charge on any atom is 0.172 e. The van der Waals surface area contributed by atoms with E-state index in [9.17, 15) is 4.39 Å². The summed E-state index contributed by atoms with van der Waals surface area (Å²) in [6.45, 7) is 1.67. The van der Waals surface area contributed by atoms with E-state index in [0.29, 0.717) is 17.0 Å². The molecule has 0 saturated heterocycles. The summed E-state index contributed by atoms with van der Waals surface area (Å²) >= 11 is 5.89. The highest BCUT2D eigenvalue weighted by atomic mass is 35.5. The van der Waals surface area contributed by atoms with Gasteiger partial charge in [-0.1, -0.05) is 17.7 Å². The zero-order valence-electron chi connectivity index (χ0n) is 9.08. The van der Waals surface area contributed by atoms with E-state index in [1.54, 1.807) is 19.1 Å². The largest absolute Gasteiger partial charge is 0.453 e. The second kappa shape index (κ2) is 4.59. The van der Waals surface area contributed by atoms with Gasteiger partial charge in [0.05, 0.1) is 11.9 Å². The lowest BCUT2D eigenvalue weighted by Gasteiger charge is -2.10. The van der Waals surface area contributed by atoms with Crippen LogP contribution in [-0.2, 0) is 0 Å². The Morgan fingerprint density at radius 1 is 1.35 bits per heavy atom. The van der Waals surface area contributed by atoms with Crippen LogP contribution in [0.15, 0.2) is 30.6 Å². The summed E-state index contributed by atoms with van der Waals surface area (Å²) in [6, 6.07) is 4.55. The first-order valence-corrected chi connectivity index (χ1v) is 5.28. The van der Waals surface area contributed by atoms with E-state index in [1.807, 2.05) is 0 Å². The minimum atomic E-state index is -0.341. The minimum Gasteiger partial charge on any atom is -0.453 e. The van der Waals surface area contributed by atoms with Crippen LogP contribution in [0.4, 0.5) is 10.1 Å². The van der Waals surface area contributed by atoms with Crippen molar-refractivity contribution in [3.8, 4) is 11.5 Å². The van der Waals surface area contributed by atoms with Gasteiger partial charge in [0.25, 0.3) is 0 Å². The Labute approximate surface area is 103 Å². The van der Waals surface area contributed by atoms with Crippen molar-refractivity contribution in [2.24, 2.45) is 0 Å². The fourth-order valence-electron chi connectivity index (χ4n) is 1.30. The van der Waals surface area contributed by atoms with E-state index in [-0.39, 0.29) is 16.6 Å². The third-order valence-electron chi connectivity index (χ3n) is 2.24. The summed E-state index contributed by atoms with van der Waals surface area (Å²) in [7, 11) is 0. The molecule has 1 heterocycles. The lowest BCUT2D eigenvalue weighted by Crippen LogP contribution is -1.94. The molecule has 2 aromatic rings. The number of aryl methyl sites for hydroxylation is 1. The smallest absolute Gasteiger partial charge is 0.172 e. The highest BCUT2D eigenvalue weighted by Crippen LogP contribution is 2.34. The predicted octanol–water partition coefficient (Wildman–Crippen LogP) is 3.56. The first kappa shape index (κ1) is 11.7. The van der Waals surface area contributed by atoms with Crippen molar-refractivity contribution in [3.05, 3.63) is 47.0 Å². The number of nitrogens with zero attached hydrogens (tertiary/aromatic N) is 1. The number of hydrogen-bond donors (Lipinski definition) is 1. The number of nitrogen functional groups attached to an aromatic ring is 1. The Morgan fingerprint density at radius 2 is 2.12 bits per heavy atom. The van der Waals surface area contributed by atoms with Crippen LogP contribution in [0, 0.1) is 12.7 Å². The second-order valence-corrected chi connectivity index (χ2v) is 3.96. The molecule has 0 aliphatic heterocycles. The molecule has 0 fully saturated rings. The molecular formula is C12H10ClFN2O. The van der Waals surface area contributed by atoms with Crippen LogP contribution in [0.3, 0.4) is 0 Å². The van der Waals surface area contributed by atoms with Gasteiger partial charge in [-0.3, -0.25) is 4.98 Å². The summed E-state index contributed by atoms with van der Waals surface area (Å²) < 4.78 is 18.8. The zero-order chi connectivity index (χ0) is 12.4. The lowest BCUT2D eigenvalue weighted by molar-refractivity contribution is 0.478. The molecule has 0 spiro atoms. The number of hydrogen-bond acceptors (Lipinski definition) is 3. The molecule has 2 rings (SSSR count). The van der Waals surface area contributed by atoms with Gasteiger partial charge in [-0.15, -0.1) is 0 Å². The van der Waals surface area contributed by atoms with Crippen LogP contribution >= 0.6 is 11.6 Å². The molecule has 5 heteroatoms. The summed E-state index contributed by atoms with van der Waals surface area (Å²) in [6.07, 6.45) is 2.84. The normalized spacial score (nSPS) is 10.3. The molecule has 3 nitrogen and oxygen atoms in total. The predicted molar refractivity (Wildman–Crippen MR) is 64.9 cm³/mol. The molecule has 2 N–H and O–H groups in total. The highest BCUT2D eigenvalue weighted by Gasteiger charge is 2.09. The molecule has 0 atom stereocenters. The number of aromatic nitrogens is 1. The zero-order valence-corrected chi connectivity index (χ0v) is 9.83. The average Bonchev–Trinajstić information content (AvgIpc) is 2.28. The molecule has 0 saturated carbocycles. The van der Waals surface area contributed by atoms with Gasteiger partial charge in [0.2, 0.25) is 0 Å². The Kier molecular flexibility index (Phi) is 3.15. The van der Waals surface area contributed by atoms with Crippen LogP contribution in [0.5, 0.6) is 11.5 Å². The van der Waals surface area contributed by atoms with E-state index in [4.69, 9.17) is 22.1 Å².